The fourth-order valence-corrected chi connectivity index (χ4v) is 2.43. The topological polar surface area (TPSA) is 97.0 Å². The minimum atomic E-state index is -0.489. The molecule has 8 nitrogen and oxygen atoms in total. The van der Waals surface area contributed by atoms with Crippen molar-refractivity contribution in [3.05, 3.63) is 29.8 Å². The molecule has 1 aliphatic heterocycles. The number of morpholine rings is 1. The highest BCUT2D eigenvalue weighted by atomic mass is 16.5. The van der Waals surface area contributed by atoms with Gasteiger partial charge in [0.15, 0.2) is 0 Å². The molecule has 1 aliphatic rings. The number of esters is 1. The van der Waals surface area contributed by atoms with Crippen molar-refractivity contribution in [1.29, 1.82) is 0 Å². The van der Waals surface area contributed by atoms with Crippen LogP contribution in [-0.4, -0.2) is 69.2 Å². The Labute approximate surface area is 146 Å². The van der Waals surface area contributed by atoms with Gasteiger partial charge in [0.25, 0.3) is 0 Å². The van der Waals surface area contributed by atoms with Crippen LogP contribution >= 0.6 is 0 Å². The zero-order chi connectivity index (χ0) is 18.1. The number of carbonyl (C=O) groups is 3. The van der Waals surface area contributed by atoms with Crippen LogP contribution in [0, 0.1) is 0 Å². The second kappa shape index (κ2) is 9.75. The summed E-state index contributed by atoms with van der Waals surface area (Å²) in [7, 11) is 1.29. The van der Waals surface area contributed by atoms with Gasteiger partial charge in [0.05, 0.1) is 25.9 Å². The summed E-state index contributed by atoms with van der Waals surface area (Å²) in [6.45, 7) is 4.35. The maximum absolute atomic E-state index is 11.9. The van der Waals surface area contributed by atoms with E-state index in [1.165, 1.54) is 13.2 Å². The predicted octanol–water partition coefficient (Wildman–Crippen LogP) is 0.250. The van der Waals surface area contributed by atoms with Crippen LogP contribution in [0.4, 0.5) is 5.69 Å². The van der Waals surface area contributed by atoms with Crippen LogP contribution in [0.15, 0.2) is 24.3 Å². The Morgan fingerprint density at radius 3 is 2.68 bits per heavy atom. The van der Waals surface area contributed by atoms with Gasteiger partial charge in [-0.3, -0.25) is 14.5 Å². The smallest absolute Gasteiger partial charge is 0.337 e. The number of methoxy groups -OCH3 is 1. The highest BCUT2D eigenvalue weighted by molar-refractivity contribution is 6.04. The maximum atomic E-state index is 11.9. The maximum Gasteiger partial charge on any atom is 0.337 e. The Balaban J connectivity index is 1.72. The lowest BCUT2D eigenvalue weighted by Crippen LogP contribution is -2.41. The minimum absolute atomic E-state index is 0.272. The molecule has 0 radical (unpaired) electrons. The van der Waals surface area contributed by atoms with Crippen LogP contribution in [0.1, 0.15) is 16.8 Å². The average Bonchev–Trinajstić information content (AvgIpc) is 2.62. The van der Waals surface area contributed by atoms with E-state index in [1.54, 1.807) is 18.2 Å². The molecule has 1 aromatic carbocycles. The number of carbonyl (C=O) groups excluding carboxylic acids is 3. The van der Waals surface area contributed by atoms with Gasteiger partial charge < -0.3 is 20.1 Å². The SMILES string of the molecule is COC(=O)c1cccc(NC(=O)CC(=O)NCCN2CCOCC2)c1. The molecule has 2 rings (SSSR count). The lowest BCUT2D eigenvalue weighted by Gasteiger charge is -2.26. The molecular formula is C17H23N3O5. The Morgan fingerprint density at radius 2 is 1.96 bits per heavy atom. The van der Waals surface area contributed by atoms with Gasteiger partial charge in [-0.2, -0.15) is 0 Å². The van der Waals surface area contributed by atoms with Gasteiger partial charge in [0.2, 0.25) is 11.8 Å². The average molecular weight is 349 g/mol. The first kappa shape index (κ1) is 18.9. The molecule has 1 fully saturated rings. The number of hydrogen-bond acceptors (Lipinski definition) is 6. The number of rotatable bonds is 7. The Bertz CT molecular complexity index is 614. The van der Waals surface area contributed by atoms with Gasteiger partial charge in [-0.1, -0.05) is 6.07 Å². The van der Waals surface area contributed by atoms with Gasteiger partial charge in [-0.05, 0) is 18.2 Å². The highest BCUT2D eigenvalue weighted by Gasteiger charge is 2.13. The fraction of sp³-hybridized carbons (Fsp3) is 0.471. The van der Waals surface area contributed by atoms with Crippen LogP contribution in [-0.2, 0) is 19.1 Å². The Kier molecular flexibility index (Phi) is 7.36. The van der Waals surface area contributed by atoms with E-state index in [9.17, 15) is 14.4 Å². The number of hydrogen-bond donors (Lipinski definition) is 2. The van der Waals surface area contributed by atoms with E-state index in [2.05, 4.69) is 20.3 Å². The molecule has 0 spiro atoms. The third kappa shape index (κ3) is 6.52. The molecule has 0 saturated carbocycles. The lowest BCUT2D eigenvalue weighted by atomic mass is 10.2. The number of nitrogens with zero attached hydrogens (tertiary/aromatic N) is 1. The monoisotopic (exact) mass is 349 g/mol. The third-order valence-electron chi connectivity index (χ3n) is 3.74. The summed E-state index contributed by atoms with van der Waals surface area (Å²) in [6, 6.07) is 6.35. The minimum Gasteiger partial charge on any atom is -0.465 e. The summed E-state index contributed by atoms with van der Waals surface area (Å²) < 4.78 is 9.88. The van der Waals surface area contributed by atoms with Gasteiger partial charge in [0, 0.05) is 31.9 Å². The molecular weight excluding hydrogens is 326 g/mol. The standard InChI is InChI=1S/C17H23N3O5/c1-24-17(23)13-3-2-4-14(11-13)19-16(22)12-15(21)18-5-6-20-7-9-25-10-8-20/h2-4,11H,5-10,12H2,1H3,(H,18,21)(H,19,22). The van der Waals surface area contributed by atoms with E-state index in [1.807, 2.05) is 0 Å². The molecule has 2 N–H and O–H groups in total. The number of nitrogens with one attached hydrogen (secondary N) is 2. The normalized spacial score (nSPS) is 14.6. The van der Waals surface area contributed by atoms with Crippen LogP contribution in [0.5, 0.6) is 0 Å². The van der Waals surface area contributed by atoms with Crippen molar-refractivity contribution < 1.29 is 23.9 Å². The van der Waals surface area contributed by atoms with E-state index in [0.29, 0.717) is 31.0 Å². The summed E-state index contributed by atoms with van der Waals surface area (Å²) >= 11 is 0. The van der Waals surface area contributed by atoms with Crippen molar-refractivity contribution in [2.45, 2.75) is 6.42 Å². The number of anilines is 1. The number of benzene rings is 1. The first-order valence-corrected chi connectivity index (χ1v) is 8.13. The van der Waals surface area contributed by atoms with Crippen LogP contribution in [0.25, 0.3) is 0 Å². The molecule has 2 amide bonds. The predicted molar refractivity (Wildman–Crippen MR) is 91.3 cm³/mol. The molecule has 25 heavy (non-hydrogen) atoms. The van der Waals surface area contributed by atoms with Crippen molar-refractivity contribution in [2.75, 3.05) is 51.8 Å². The fourth-order valence-electron chi connectivity index (χ4n) is 2.43. The molecule has 1 saturated heterocycles. The van der Waals surface area contributed by atoms with Crippen molar-refractivity contribution >= 4 is 23.5 Å². The Hall–Kier alpha value is -2.45. The molecule has 0 unspecified atom stereocenters. The number of amides is 2. The summed E-state index contributed by atoms with van der Waals surface area (Å²) in [5, 5.41) is 5.33. The molecule has 8 heteroatoms. The van der Waals surface area contributed by atoms with Crippen LogP contribution < -0.4 is 10.6 Å². The summed E-state index contributed by atoms with van der Waals surface area (Å²) in [5.74, 6) is -1.27. The largest absolute Gasteiger partial charge is 0.465 e. The Morgan fingerprint density at radius 1 is 1.20 bits per heavy atom. The molecule has 136 valence electrons. The van der Waals surface area contributed by atoms with Gasteiger partial charge in [-0.15, -0.1) is 0 Å². The highest BCUT2D eigenvalue weighted by Crippen LogP contribution is 2.11. The zero-order valence-corrected chi connectivity index (χ0v) is 14.2. The molecule has 0 bridgehead atoms. The first-order chi connectivity index (χ1) is 12.1. The van der Waals surface area contributed by atoms with E-state index >= 15 is 0 Å². The molecule has 1 heterocycles. The van der Waals surface area contributed by atoms with Crippen LogP contribution in [0.2, 0.25) is 0 Å². The van der Waals surface area contributed by atoms with E-state index in [-0.39, 0.29) is 12.3 Å². The molecule has 0 aliphatic carbocycles. The van der Waals surface area contributed by atoms with Gasteiger partial charge >= 0.3 is 5.97 Å². The van der Waals surface area contributed by atoms with Crippen LogP contribution in [0.3, 0.4) is 0 Å². The summed E-state index contributed by atoms with van der Waals surface area (Å²) in [4.78, 5) is 37.4. The van der Waals surface area contributed by atoms with Crippen molar-refractivity contribution in [3.8, 4) is 0 Å². The quantitative estimate of drug-likeness (QED) is 0.541. The lowest BCUT2D eigenvalue weighted by molar-refractivity contribution is -0.126. The number of ether oxygens (including phenoxy) is 2. The summed E-state index contributed by atoms with van der Waals surface area (Å²) in [6.07, 6.45) is -0.272. The van der Waals surface area contributed by atoms with Crippen molar-refractivity contribution in [1.82, 2.24) is 10.2 Å². The second-order valence-corrected chi connectivity index (χ2v) is 5.60. The first-order valence-electron chi connectivity index (χ1n) is 8.13. The molecule has 1 aromatic rings. The second-order valence-electron chi connectivity index (χ2n) is 5.60. The van der Waals surface area contributed by atoms with Crippen molar-refractivity contribution in [3.63, 3.8) is 0 Å². The molecule has 0 aromatic heterocycles. The van der Waals surface area contributed by atoms with Gasteiger partial charge in [0.1, 0.15) is 6.42 Å². The van der Waals surface area contributed by atoms with Crippen molar-refractivity contribution in [2.24, 2.45) is 0 Å². The zero-order valence-electron chi connectivity index (χ0n) is 14.2. The van der Waals surface area contributed by atoms with E-state index in [4.69, 9.17) is 4.74 Å². The van der Waals surface area contributed by atoms with E-state index in [0.717, 1.165) is 19.6 Å². The van der Waals surface area contributed by atoms with E-state index < -0.39 is 11.9 Å². The molecule has 0 atom stereocenters. The van der Waals surface area contributed by atoms with Gasteiger partial charge in [-0.25, -0.2) is 4.79 Å². The summed E-state index contributed by atoms with van der Waals surface area (Å²) in [5.41, 5.74) is 0.768. The third-order valence-corrected chi connectivity index (χ3v) is 3.74.